The Hall–Kier alpha value is -2.50. The van der Waals surface area contributed by atoms with E-state index in [1.807, 2.05) is 0 Å². The molecule has 152 valence electrons. The summed E-state index contributed by atoms with van der Waals surface area (Å²) < 4.78 is 63.4. The lowest BCUT2D eigenvalue weighted by molar-refractivity contribution is -0.143. The highest BCUT2D eigenvalue weighted by molar-refractivity contribution is 5.93. The van der Waals surface area contributed by atoms with Crippen molar-refractivity contribution in [2.75, 3.05) is 7.11 Å². The molecule has 29 heavy (non-hydrogen) atoms. The fourth-order valence-electron chi connectivity index (χ4n) is 5.32. The molecule has 1 aromatic heterocycles. The van der Waals surface area contributed by atoms with Crippen LogP contribution in [0.1, 0.15) is 49.3 Å². The number of hydrogen-bond donors (Lipinski definition) is 0. The molecule has 0 saturated heterocycles. The number of hydrogen-bond acceptors (Lipinski definition) is 1. The van der Waals surface area contributed by atoms with Crippen molar-refractivity contribution in [3.63, 3.8) is 0 Å². The Balaban J connectivity index is 1.80. The zero-order valence-corrected chi connectivity index (χ0v) is 16.0. The van der Waals surface area contributed by atoms with Crippen molar-refractivity contribution in [3.8, 4) is 11.4 Å². The number of fused-ring (bicyclic) bond motifs is 1. The van der Waals surface area contributed by atoms with Crippen molar-refractivity contribution >= 4 is 10.9 Å². The summed E-state index contributed by atoms with van der Waals surface area (Å²) in [6.45, 7) is 0. The molecule has 0 bridgehead atoms. The van der Waals surface area contributed by atoms with Gasteiger partial charge in [0.1, 0.15) is 17.3 Å². The van der Waals surface area contributed by atoms with Crippen LogP contribution < -0.4 is 4.74 Å². The lowest BCUT2D eigenvalue weighted by Crippen LogP contribution is -2.41. The van der Waals surface area contributed by atoms with Gasteiger partial charge in [0.25, 0.3) is 0 Å². The molecule has 0 unspecified atom stereocenters. The largest absolute Gasteiger partial charge is 0.496 e. The summed E-state index contributed by atoms with van der Waals surface area (Å²) in [6, 6.07) is 10.2. The van der Waals surface area contributed by atoms with E-state index in [1.165, 1.54) is 42.4 Å². The normalized spacial score (nSPS) is 18.7. The molecular formula is C23H21F4NO. The highest BCUT2D eigenvalue weighted by atomic mass is 19.4. The molecular weight excluding hydrogens is 382 g/mol. The van der Waals surface area contributed by atoms with Crippen LogP contribution in [0.25, 0.3) is 16.6 Å². The predicted octanol–water partition coefficient (Wildman–Crippen LogP) is 6.84. The SMILES string of the molecule is COc1cccc2c1c(C1CC3(CCC3)C1)c(C(F)(F)F)n2-c1ccc(F)cc1. The molecule has 2 aromatic carbocycles. The number of rotatable bonds is 3. The standard InChI is InChI=1S/C23H21F4NO/c1-29-18-5-2-4-17-20(18)19(14-12-22(13-14)10-3-11-22)21(23(25,26)27)28(17)16-8-6-15(24)7-9-16/h2,4-9,14H,3,10-13H2,1H3. The maximum atomic E-state index is 14.4. The Labute approximate surface area is 166 Å². The molecule has 0 atom stereocenters. The van der Waals surface area contributed by atoms with Crippen molar-refractivity contribution < 1.29 is 22.3 Å². The van der Waals surface area contributed by atoms with E-state index < -0.39 is 17.7 Å². The number of ether oxygens (including phenoxy) is 1. The summed E-state index contributed by atoms with van der Waals surface area (Å²) in [5, 5.41) is 0.519. The average molecular weight is 403 g/mol. The number of benzene rings is 2. The minimum absolute atomic E-state index is 0.146. The summed E-state index contributed by atoms with van der Waals surface area (Å²) in [6.07, 6.45) is 0.417. The zero-order chi connectivity index (χ0) is 20.4. The van der Waals surface area contributed by atoms with Gasteiger partial charge in [0, 0.05) is 11.1 Å². The van der Waals surface area contributed by atoms with E-state index in [0.29, 0.717) is 27.9 Å². The summed E-state index contributed by atoms with van der Waals surface area (Å²) in [5.41, 5.74) is 0.628. The highest BCUT2D eigenvalue weighted by Gasteiger charge is 2.52. The molecule has 1 spiro atoms. The van der Waals surface area contributed by atoms with Gasteiger partial charge in [0.05, 0.1) is 12.6 Å². The fourth-order valence-corrected chi connectivity index (χ4v) is 5.32. The van der Waals surface area contributed by atoms with E-state index in [2.05, 4.69) is 0 Å². The number of nitrogens with zero attached hydrogens (tertiary/aromatic N) is 1. The number of halogens is 4. The second kappa shape index (κ2) is 6.25. The van der Waals surface area contributed by atoms with E-state index in [9.17, 15) is 17.6 Å². The van der Waals surface area contributed by atoms with Crippen LogP contribution >= 0.6 is 0 Å². The quantitative estimate of drug-likeness (QED) is 0.437. The molecule has 1 heterocycles. The van der Waals surface area contributed by atoms with Crippen molar-refractivity contribution in [1.29, 1.82) is 0 Å². The van der Waals surface area contributed by atoms with Crippen LogP contribution in [0, 0.1) is 11.2 Å². The number of alkyl halides is 3. The summed E-state index contributed by atoms with van der Waals surface area (Å²) in [4.78, 5) is 0. The van der Waals surface area contributed by atoms with Crippen molar-refractivity contribution in [3.05, 3.63) is 59.5 Å². The molecule has 2 fully saturated rings. The summed E-state index contributed by atoms with van der Waals surface area (Å²) in [7, 11) is 1.48. The molecule has 5 rings (SSSR count). The van der Waals surface area contributed by atoms with Gasteiger partial charge in [0.15, 0.2) is 0 Å². The first-order valence-corrected chi connectivity index (χ1v) is 9.87. The Morgan fingerprint density at radius 1 is 1.03 bits per heavy atom. The Kier molecular flexibility index (Phi) is 3.99. The third-order valence-corrected chi connectivity index (χ3v) is 6.75. The second-order valence-corrected chi connectivity index (χ2v) is 8.38. The topological polar surface area (TPSA) is 14.2 Å². The molecule has 0 aliphatic heterocycles. The lowest BCUT2D eigenvalue weighted by atomic mass is 9.50. The fraction of sp³-hybridized carbons (Fsp3) is 0.391. The van der Waals surface area contributed by atoms with E-state index >= 15 is 0 Å². The molecule has 2 nitrogen and oxygen atoms in total. The maximum absolute atomic E-state index is 14.4. The monoisotopic (exact) mass is 403 g/mol. The Morgan fingerprint density at radius 2 is 1.72 bits per heavy atom. The molecule has 0 N–H and O–H groups in total. The van der Waals surface area contributed by atoms with Gasteiger partial charge < -0.3 is 9.30 Å². The van der Waals surface area contributed by atoms with Crippen LogP contribution in [0.15, 0.2) is 42.5 Å². The molecule has 2 aliphatic carbocycles. The number of aromatic nitrogens is 1. The van der Waals surface area contributed by atoms with E-state index in [1.54, 1.807) is 18.2 Å². The van der Waals surface area contributed by atoms with E-state index in [-0.39, 0.29) is 11.3 Å². The van der Waals surface area contributed by atoms with E-state index in [4.69, 9.17) is 4.74 Å². The van der Waals surface area contributed by atoms with Crippen molar-refractivity contribution in [2.24, 2.45) is 5.41 Å². The Morgan fingerprint density at radius 3 is 2.28 bits per heavy atom. The summed E-state index contributed by atoms with van der Waals surface area (Å²) >= 11 is 0. The van der Waals surface area contributed by atoms with Crippen molar-refractivity contribution in [2.45, 2.75) is 44.2 Å². The smallest absolute Gasteiger partial charge is 0.432 e. The molecule has 0 amide bonds. The predicted molar refractivity (Wildman–Crippen MR) is 103 cm³/mol. The minimum atomic E-state index is -4.55. The van der Waals surface area contributed by atoms with Crippen LogP contribution in [-0.4, -0.2) is 11.7 Å². The maximum Gasteiger partial charge on any atom is 0.432 e. The molecule has 6 heteroatoms. The van der Waals surface area contributed by atoms with Gasteiger partial charge in [-0.15, -0.1) is 0 Å². The zero-order valence-electron chi connectivity index (χ0n) is 16.0. The van der Waals surface area contributed by atoms with Crippen LogP contribution in [0.5, 0.6) is 5.75 Å². The molecule has 0 radical (unpaired) electrons. The number of methoxy groups -OCH3 is 1. The highest BCUT2D eigenvalue weighted by Crippen LogP contribution is 2.64. The minimum Gasteiger partial charge on any atom is -0.496 e. The molecule has 3 aromatic rings. The first kappa shape index (κ1) is 18.5. The molecule has 2 saturated carbocycles. The first-order valence-electron chi connectivity index (χ1n) is 9.87. The third kappa shape index (κ3) is 2.75. The van der Waals surface area contributed by atoms with Gasteiger partial charge >= 0.3 is 6.18 Å². The van der Waals surface area contributed by atoms with Gasteiger partial charge in [-0.05, 0) is 79.0 Å². The Bertz CT molecular complexity index is 1070. The average Bonchev–Trinajstić information content (AvgIpc) is 2.96. The van der Waals surface area contributed by atoms with E-state index in [0.717, 1.165) is 25.7 Å². The van der Waals surface area contributed by atoms with Gasteiger partial charge in [-0.25, -0.2) is 4.39 Å². The third-order valence-electron chi connectivity index (χ3n) is 6.75. The van der Waals surface area contributed by atoms with Crippen molar-refractivity contribution in [1.82, 2.24) is 4.57 Å². The lowest BCUT2D eigenvalue weighted by Gasteiger charge is -2.54. The molecule has 2 aliphatic rings. The first-order chi connectivity index (χ1) is 13.8. The van der Waals surface area contributed by atoms with Gasteiger partial charge in [0.2, 0.25) is 0 Å². The van der Waals surface area contributed by atoms with Crippen LogP contribution in [0.4, 0.5) is 17.6 Å². The van der Waals surface area contributed by atoms with Crippen LogP contribution in [0.2, 0.25) is 0 Å². The van der Waals surface area contributed by atoms with Crippen LogP contribution in [-0.2, 0) is 6.18 Å². The van der Waals surface area contributed by atoms with Gasteiger partial charge in [-0.2, -0.15) is 13.2 Å². The van der Waals surface area contributed by atoms with Crippen LogP contribution in [0.3, 0.4) is 0 Å². The second-order valence-electron chi connectivity index (χ2n) is 8.38. The van der Waals surface area contributed by atoms with Gasteiger partial charge in [-0.1, -0.05) is 12.5 Å². The van der Waals surface area contributed by atoms with Gasteiger partial charge in [-0.3, -0.25) is 0 Å². The summed E-state index contributed by atoms with van der Waals surface area (Å²) in [5.74, 6) is -0.187.